The van der Waals surface area contributed by atoms with Crippen LogP contribution in [0.15, 0.2) is 41.3 Å². The molecule has 1 saturated heterocycles. The second kappa shape index (κ2) is 6.79. The summed E-state index contributed by atoms with van der Waals surface area (Å²) in [4.78, 5) is 31.5. The molecule has 1 aliphatic heterocycles. The van der Waals surface area contributed by atoms with Crippen molar-refractivity contribution in [3.8, 4) is 5.75 Å². The van der Waals surface area contributed by atoms with Gasteiger partial charge in [-0.3, -0.25) is 9.59 Å². The largest absolute Gasteiger partial charge is 0.497 e. The summed E-state index contributed by atoms with van der Waals surface area (Å²) >= 11 is 0. The lowest BCUT2D eigenvalue weighted by atomic mass is 10.2. The van der Waals surface area contributed by atoms with Gasteiger partial charge in [0.2, 0.25) is 0 Å². The van der Waals surface area contributed by atoms with E-state index in [0.29, 0.717) is 30.0 Å². The van der Waals surface area contributed by atoms with Gasteiger partial charge in [-0.2, -0.15) is 5.10 Å². The summed E-state index contributed by atoms with van der Waals surface area (Å²) in [5, 5.41) is 4.28. The molecule has 1 amide bonds. The molecular formula is C19H21N5O3. The minimum atomic E-state index is -0.246. The van der Waals surface area contributed by atoms with E-state index in [9.17, 15) is 9.59 Å². The van der Waals surface area contributed by atoms with Crippen molar-refractivity contribution >= 4 is 17.1 Å². The van der Waals surface area contributed by atoms with E-state index in [-0.39, 0.29) is 11.5 Å². The first-order chi connectivity index (χ1) is 13.0. The van der Waals surface area contributed by atoms with Gasteiger partial charge in [-0.1, -0.05) is 6.07 Å². The number of aromatic amines is 1. The van der Waals surface area contributed by atoms with Crippen molar-refractivity contribution < 1.29 is 9.53 Å². The summed E-state index contributed by atoms with van der Waals surface area (Å²) in [5.74, 6) is 0.664. The number of anilines is 1. The van der Waals surface area contributed by atoms with Gasteiger partial charge in [-0.15, -0.1) is 0 Å². The van der Waals surface area contributed by atoms with Gasteiger partial charge in [0.05, 0.1) is 7.11 Å². The fraction of sp³-hybridized carbons (Fsp3) is 0.316. The highest BCUT2D eigenvalue weighted by Gasteiger charge is 2.24. The lowest BCUT2D eigenvalue weighted by Crippen LogP contribution is -2.48. The van der Waals surface area contributed by atoms with E-state index >= 15 is 0 Å². The number of fused-ring (bicyclic) bond motifs is 1. The van der Waals surface area contributed by atoms with Gasteiger partial charge in [0, 0.05) is 55.9 Å². The maximum absolute atomic E-state index is 12.8. The highest BCUT2D eigenvalue weighted by molar-refractivity contribution is 5.93. The van der Waals surface area contributed by atoms with Gasteiger partial charge in [0.25, 0.3) is 11.5 Å². The van der Waals surface area contributed by atoms with Crippen LogP contribution in [0.2, 0.25) is 0 Å². The van der Waals surface area contributed by atoms with Crippen LogP contribution in [0, 0.1) is 6.92 Å². The monoisotopic (exact) mass is 367 g/mol. The van der Waals surface area contributed by atoms with Crippen LogP contribution in [0.3, 0.4) is 0 Å². The molecule has 1 aliphatic rings. The smallest absolute Gasteiger partial charge is 0.274 e. The highest BCUT2D eigenvalue weighted by atomic mass is 16.5. The number of nitrogens with zero attached hydrogens (tertiary/aromatic N) is 4. The Bertz CT molecular complexity index is 1050. The molecule has 0 spiro atoms. The summed E-state index contributed by atoms with van der Waals surface area (Å²) in [5.41, 5.74) is 2.20. The Morgan fingerprint density at radius 2 is 1.96 bits per heavy atom. The minimum absolute atomic E-state index is 0.152. The Hall–Kier alpha value is -3.29. The number of hydrogen-bond donors (Lipinski definition) is 1. The molecule has 0 radical (unpaired) electrons. The number of benzene rings is 1. The van der Waals surface area contributed by atoms with Gasteiger partial charge >= 0.3 is 0 Å². The van der Waals surface area contributed by atoms with Crippen LogP contribution in [0.4, 0.5) is 5.69 Å². The molecule has 2 aromatic heterocycles. The second-order valence-corrected chi connectivity index (χ2v) is 6.61. The summed E-state index contributed by atoms with van der Waals surface area (Å²) < 4.78 is 6.75. The number of piperazine rings is 1. The summed E-state index contributed by atoms with van der Waals surface area (Å²) in [7, 11) is 1.65. The summed E-state index contributed by atoms with van der Waals surface area (Å²) in [6.45, 7) is 4.43. The molecule has 1 fully saturated rings. The van der Waals surface area contributed by atoms with Gasteiger partial charge in [-0.25, -0.2) is 4.52 Å². The zero-order chi connectivity index (χ0) is 19.0. The van der Waals surface area contributed by atoms with Crippen LogP contribution >= 0.6 is 0 Å². The molecule has 4 rings (SSSR count). The third-order valence-electron chi connectivity index (χ3n) is 4.80. The van der Waals surface area contributed by atoms with Gasteiger partial charge in [-0.05, 0) is 19.1 Å². The molecule has 1 aromatic carbocycles. The average molecular weight is 367 g/mol. The SMILES string of the molecule is COc1cccc(N2CCN(C(=O)c3cc4c(=O)[nH]c(C)cn4n3)CC2)c1. The fourth-order valence-electron chi connectivity index (χ4n) is 3.36. The van der Waals surface area contributed by atoms with Crippen molar-refractivity contribution in [2.75, 3.05) is 38.2 Å². The number of aryl methyl sites for hydroxylation is 1. The third kappa shape index (κ3) is 3.25. The molecule has 0 bridgehead atoms. The van der Waals surface area contributed by atoms with Crippen molar-refractivity contribution in [2.45, 2.75) is 6.92 Å². The normalized spacial score (nSPS) is 14.6. The van der Waals surface area contributed by atoms with E-state index in [1.165, 1.54) is 4.52 Å². The molecule has 8 nitrogen and oxygen atoms in total. The number of rotatable bonds is 3. The number of methoxy groups -OCH3 is 1. The van der Waals surface area contributed by atoms with Gasteiger partial charge in [0.15, 0.2) is 5.69 Å². The molecule has 0 saturated carbocycles. The van der Waals surface area contributed by atoms with E-state index in [2.05, 4.69) is 15.0 Å². The molecule has 27 heavy (non-hydrogen) atoms. The number of ether oxygens (including phenoxy) is 1. The Morgan fingerprint density at radius 1 is 1.19 bits per heavy atom. The number of H-pyrrole nitrogens is 1. The maximum Gasteiger partial charge on any atom is 0.274 e. The number of nitrogens with one attached hydrogen (secondary N) is 1. The quantitative estimate of drug-likeness (QED) is 0.755. The Balaban J connectivity index is 1.48. The number of hydrogen-bond acceptors (Lipinski definition) is 5. The van der Waals surface area contributed by atoms with E-state index in [0.717, 1.165) is 24.5 Å². The minimum Gasteiger partial charge on any atom is -0.497 e. The van der Waals surface area contributed by atoms with Crippen molar-refractivity contribution in [2.24, 2.45) is 0 Å². The first kappa shape index (κ1) is 17.1. The zero-order valence-electron chi connectivity index (χ0n) is 15.3. The Kier molecular flexibility index (Phi) is 4.31. The second-order valence-electron chi connectivity index (χ2n) is 6.61. The number of aromatic nitrogens is 3. The number of carbonyl (C=O) groups excluding carboxylic acids is 1. The van der Waals surface area contributed by atoms with E-state index < -0.39 is 0 Å². The zero-order valence-corrected chi connectivity index (χ0v) is 15.3. The molecule has 140 valence electrons. The average Bonchev–Trinajstić information content (AvgIpc) is 3.12. The topological polar surface area (TPSA) is 82.9 Å². The van der Waals surface area contributed by atoms with Crippen molar-refractivity contribution in [3.63, 3.8) is 0 Å². The van der Waals surface area contributed by atoms with Crippen LogP contribution < -0.4 is 15.2 Å². The maximum atomic E-state index is 12.8. The van der Waals surface area contributed by atoms with Crippen LogP contribution in [-0.4, -0.2) is 58.7 Å². The predicted molar refractivity (Wildman–Crippen MR) is 102 cm³/mol. The molecule has 3 aromatic rings. The van der Waals surface area contributed by atoms with E-state index in [1.54, 1.807) is 31.2 Å². The Labute approximate surface area is 156 Å². The molecule has 0 aliphatic carbocycles. The van der Waals surface area contributed by atoms with Crippen LogP contribution in [0.1, 0.15) is 16.2 Å². The molecule has 3 heterocycles. The lowest BCUT2D eigenvalue weighted by Gasteiger charge is -2.35. The van der Waals surface area contributed by atoms with Crippen LogP contribution in [0.5, 0.6) is 5.75 Å². The van der Waals surface area contributed by atoms with Crippen molar-refractivity contribution in [1.82, 2.24) is 19.5 Å². The van der Waals surface area contributed by atoms with Crippen molar-refractivity contribution in [1.29, 1.82) is 0 Å². The summed E-state index contributed by atoms with van der Waals surface area (Å²) in [6.07, 6.45) is 1.70. The van der Waals surface area contributed by atoms with E-state index in [1.807, 2.05) is 24.3 Å². The third-order valence-corrected chi connectivity index (χ3v) is 4.80. The summed E-state index contributed by atoms with van der Waals surface area (Å²) in [6, 6.07) is 9.46. The standard InChI is InChI=1S/C19H21N5O3/c1-13-12-24-17(18(25)20-13)11-16(21-24)19(26)23-8-6-22(7-9-23)14-4-3-5-15(10-14)27-2/h3-5,10-12H,6-9H2,1-2H3,(H,20,25). The van der Waals surface area contributed by atoms with Crippen molar-refractivity contribution in [3.05, 3.63) is 58.3 Å². The lowest BCUT2D eigenvalue weighted by molar-refractivity contribution is 0.0740. The van der Waals surface area contributed by atoms with Crippen LogP contribution in [0.25, 0.3) is 5.52 Å². The van der Waals surface area contributed by atoms with Gasteiger partial charge in [0.1, 0.15) is 11.3 Å². The first-order valence-corrected chi connectivity index (χ1v) is 8.83. The number of amides is 1. The molecule has 1 N–H and O–H groups in total. The molecule has 0 atom stereocenters. The highest BCUT2D eigenvalue weighted by Crippen LogP contribution is 2.22. The van der Waals surface area contributed by atoms with E-state index in [4.69, 9.17) is 4.74 Å². The Morgan fingerprint density at radius 3 is 2.70 bits per heavy atom. The molecule has 8 heteroatoms. The van der Waals surface area contributed by atoms with Gasteiger partial charge < -0.3 is 19.5 Å². The number of carbonyl (C=O) groups is 1. The molecule has 0 unspecified atom stereocenters. The predicted octanol–water partition coefficient (Wildman–Crippen LogP) is 1.30. The molecular weight excluding hydrogens is 346 g/mol. The van der Waals surface area contributed by atoms with Crippen LogP contribution in [-0.2, 0) is 0 Å². The fourth-order valence-corrected chi connectivity index (χ4v) is 3.36. The first-order valence-electron chi connectivity index (χ1n) is 8.83.